The van der Waals surface area contributed by atoms with E-state index in [0.717, 1.165) is 31.7 Å². The molecule has 156 valence electrons. The Hall–Kier alpha value is -3.37. The summed E-state index contributed by atoms with van der Waals surface area (Å²) in [5.41, 5.74) is 0.237. The fourth-order valence-electron chi connectivity index (χ4n) is 2.66. The van der Waals surface area contributed by atoms with Gasteiger partial charge in [-0.3, -0.25) is 14.9 Å². The number of hydrogen-bond acceptors (Lipinski definition) is 5. The third-order valence-corrected chi connectivity index (χ3v) is 4.58. The number of nitriles is 1. The lowest BCUT2D eigenvalue weighted by atomic mass is 10.1. The third kappa shape index (κ3) is 6.61. The molecule has 0 aliphatic rings. The average Bonchev–Trinajstić information content (AvgIpc) is 2.74. The fraction of sp³-hybridized carbons (Fsp3) is 0.273. The van der Waals surface area contributed by atoms with Crippen molar-refractivity contribution >= 4 is 35.0 Å². The maximum atomic E-state index is 12.6. The van der Waals surface area contributed by atoms with Crippen LogP contribution in [0.3, 0.4) is 0 Å². The number of anilines is 1. The van der Waals surface area contributed by atoms with E-state index >= 15 is 0 Å². The molecule has 1 N–H and O–H groups in total. The van der Waals surface area contributed by atoms with Gasteiger partial charge in [-0.05, 0) is 24.6 Å². The number of amides is 1. The maximum Gasteiger partial charge on any atom is 0.271 e. The average molecular weight is 428 g/mol. The van der Waals surface area contributed by atoms with Crippen LogP contribution in [0.1, 0.15) is 38.2 Å². The highest BCUT2D eigenvalue weighted by molar-refractivity contribution is 6.34. The SMILES string of the molecule is CCCCCCOc1ccccc1/C=C(\C#N)C(=O)Nc1cc([N+](=O)[O-])ccc1Cl. The zero-order valence-electron chi connectivity index (χ0n) is 16.6. The number of halogens is 1. The molecule has 0 fully saturated rings. The summed E-state index contributed by atoms with van der Waals surface area (Å²) >= 11 is 6.01. The highest BCUT2D eigenvalue weighted by Gasteiger charge is 2.15. The summed E-state index contributed by atoms with van der Waals surface area (Å²) in [6, 6.07) is 12.6. The van der Waals surface area contributed by atoms with Gasteiger partial charge in [0.2, 0.25) is 0 Å². The minimum absolute atomic E-state index is 0.0532. The maximum absolute atomic E-state index is 12.6. The number of hydrogen-bond donors (Lipinski definition) is 1. The first kappa shape index (κ1) is 22.9. The summed E-state index contributed by atoms with van der Waals surface area (Å²) in [6.07, 6.45) is 5.69. The Labute approximate surface area is 180 Å². The van der Waals surface area contributed by atoms with Crippen LogP contribution in [0.2, 0.25) is 5.02 Å². The minimum Gasteiger partial charge on any atom is -0.493 e. The van der Waals surface area contributed by atoms with Gasteiger partial charge in [0.15, 0.2) is 0 Å². The number of carbonyl (C=O) groups is 1. The second-order valence-electron chi connectivity index (χ2n) is 6.49. The predicted molar refractivity (Wildman–Crippen MR) is 116 cm³/mol. The molecule has 0 aliphatic carbocycles. The number of benzene rings is 2. The molecular weight excluding hydrogens is 406 g/mol. The molecule has 0 saturated carbocycles. The first-order valence-corrected chi connectivity index (χ1v) is 9.93. The zero-order chi connectivity index (χ0) is 21.9. The van der Waals surface area contributed by atoms with Gasteiger partial charge in [0.05, 0.1) is 22.2 Å². The van der Waals surface area contributed by atoms with Crippen molar-refractivity contribution < 1.29 is 14.5 Å². The number of nitrogens with zero attached hydrogens (tertiary/aromatic N) is 2. The van der Waals surface area contributed by atoms with Gasteiger partial charge in [0.1, 0.15) is 17.4 Å². The number of para-hydroxylation sites is 1. The molecule has 2 rings (SSSR count). The Bertz CT molecular complexity index is 983. The van der Waals surface area contributed by atoms with E-state index in [9.17, 15) is 20.2 Å². The molecule has 0 spiro atoms. The minimum atomic E-state index is -0.724. The van der Waals surface area contributed by atoms with Crippen LogP contribution in [0.5, 0.6) is 5.75 Å². The molecule has 0 radical (unpaired) electrons. The molecule has 0 saturated heterocycles. The summed E-state index contributed by atoms with van der Waals surface area (Å²) in [5, 5.41) is 23.0. The van der Waals surface area contributed by atoms with Gasteiger partial charge in [-0.1, -0.05) is 56.0 Å². The van der Waals surface area contributed by atoms with Gasteiger partial charge in [0.25, 0.3) is 11.6 Å². The van der Waals surface area contributed by atoms with E-state index in [4.69, 9.17) is 16.3 Å². The zero-order valence-corrected chi connectivity index (χ0v) is 17.3. The summed E-state index contributed by atoms with van der Waals surface area (Å²) in [5.74, 6) is -0.152. The first-order valence-electron chi connectivity index (χ1n) is 9.55. The van der Waals surface area contributed by atoms with E-state index < -0.39 is 10.8 Å². The monoisotopic (exact) mass is 427 g/mol. The number of nitrogens with one attached hydrogen (secondary N) is 1. The molecular formula is C22H22ClN3O4. The lowest BCUT2D eigenvalue weighted by Crippen LogP contribution is -2.14. The van der Waals surface area contributed by atoms with Crippen LogP contribution in [-0.4, -0.2) is 17.4 Å². The fourth-order valence-corrected chi connectivity index (χ4v) is 2.82. The van der Waals surface area contributed by atoms with Crippen LogP contribution >= 0.6 is 11.6 Å². The summed E-state index contributed by atoms with van der Waals surface area (Å²) < 4.78 is 5.81. The Morgan fingerprint density at radius 3 is 2.73 bits per heavy atom. The van der Waals surface area contributed by atoms with E-state index in [2.05, 4.69) is 12.2 Å². The largest absolute Gasteiger partial charge is 0.493 e. The number of nitro benzene ring substituents is 1. The predicted octanol–water partition coefficient (Wildman–Crippen LogP) is 5.75. The lowest BCUT2D eigenvalue weighted by Gasteiger charge is -2.10. The van der Waals surface area contributed by atoms with Gasteiger partial charge in [-0.15, -0.1) is 0 Å². The van der Waals surface area contributed by atoms with E-state index in [1.807, 2.05) is 12.1 Å². The molecule has 1 amide bonds. The second kappa shape index (κ2) is 11.6. The van der Waals surface area contributed by atoms with E-state index in [1.54, 1.807) is 18.2 Å². The van der Waals surface area contributed by atoms with Crippen molar-refractivity contribution in [3.05, 3.63) is 68.7 Å². The van der Waals surface area contributed by atoms with Crippen molar-refractivity contribution in [1.82, 2.24) is 0 Å². The van der Waals surface area contributed by atoms with E-state index in [-0.39, 0.29) is 22.0 Å². The van der Waals surface area contributed by atoms with Crippen molar-refractivity contribution in [3.63, 3.8) is 0 Å². The quantitative estimate of drug-likeness (QED) is 0.171. The number of ether oxygens (including phenoxy) is 1. The van der Waals surface area contributed by atoms with Gasteiger partial charge in [0, 0.05) is 17.7 Å². The molecule has 7 nitrogen and oxygen atoms in total. The Kier molecular flexibility index (Phi) is 8.85. The molecule has 2 aromatic rings. The molecule has 0 bridgehead atoms. The van der Waals surface area contributed by atoms with Crippen LogP contribution in [0.4, 0.5) is 11.4 Å². The van der Waals surface area contributed by atoms with Crippen molar-refractivity contribution in [2.24, 2.45) is 0 Å². The molecule has 0 unspecified atom stereocenters. The Morgan fingerprint density at radius 2 is 2.03 bits per heavy atom. The number of rotatable bonds is 10. The Morgan fingerprint density at radius 1 is 1.27 bits per heavy atom. The normalized spacial score (nSPS) is 10.9. The van der Waals surface area contributed by atoms with Gasteiger partial charge in [-0.25, -0.2) is 0 Å². The van der Waals surface area contributed by atoms with Crippen LogP contribution in [-0.2, 0) is 4.79 Å². The highest BCUT2D eigenvalue weighted by Crippen LogP contribution is 2.27. The summed E-state index contributed by atoms with van der Waals surface area (Å²) in [6.45, 7) is 2.68. The third-order valence-electron chi connectivity index (χ3n) is 4.25. The van der Waals surface area contributed by atoms with Crippen LogP contribution < -0.4 is 10.1 Å². The van der Waals surface area contributed by atoms with Crippen molar-refractivity contribution in [1.29, 1.82) is 5.26 Å². The van der Waals surface area contributed by atoms with Crippen molar-refractivity contribution in [3.8, 4) is 11.8 Å². The Balaban J connectivity index is 2.18. The number of carbonyl (C=O) groups excluding carboxylic acids is 1. The standard InChI is InChI=1S/C22H22ClN3O4/c1-2-3-4-7-12-30-21-9-6-5-8-16(21)13-17(15-24)22(27)25-20-14-18(26(28)29)10-11-19(20)23/h5-6,8-11,13-14H,2-4,7,12H2,1H3,(H,25,27)/b17-13+. The second-order valence-corrected chi connectivity index (χ2v) is 6.90. The molecule has 30 heavy (non-hydrogen) atoms. The lowest BCUT2D eigenvalue weighted by molar-refractivity contribution is -0.384. The molecule has 0 heterocycles. The molecule has 8 heteroatoms. The van der Waals surface area contributed by atoms with Crippen molar-refractivity contribution in [2.75, 3.05) is 11.9 Å². The molecule has 0 aliphatic heterocycles. The number of non-ortho nitro benzene ring substituents is 1. The van der Waals surface area contributed by atoms with Crippen LogP contribution in [0, 0.1) is 21.4 Å². The molecule has 0 aromatic heterocycles. The molecule has 0 atom stereocenters. The van der Waals surface area contributed by atoms with Gasteiger partial charge >= 0.3 is 0 Å². The van der Waals surface area contributed by atoms with Gasteiger partial charge in [-0.2, -0.15) is 5.26 Å². The number of nitro groups is 1. The van der Waals surface area contributed by atoms with E-state index in [0.29, 0.717) is 17.9 Å². The smallest absolute Gasteiger partial charge is 0.271 e. The number of unbranched alkanes of at least 4 members (excludes halogenated alkanes) is 3. The van der Waals surface area contributed by atoms with Crippen LogP contribution in [0.15, 0.2) is 48.0 Å². The topological polar surface area (TPSA) is 105 Å². The van der Waals surface area contributed by atoms with E-state index in [1.165, 1.54) is 18.2 Å². The summed E-state index contributed by atoms with van der Waals surface area (Å²) in [4.78, 5) is 22.9. The van der Waals surface area contributed by atoms with Crippen molar-refractivity contribution in [2.45, 2.75) is 32.6 Å². The van der Waals surface area contributed by atoms with Gasteiger partial charge < -0.3 is 10.1 Å². The van der Waals surface area contributed by atoms with Crippen LogP contribution in [0.25, 0.3) is 6.08 Å². The summed E-state index contributed by atoms with van der Waals surface area (Å²) in [7, 11) is 0. The first-order chi connectivity index (χ1) is 14.5. The molecule has 2 aromatic carbocycles. The highest BCUT2D eigenvalue weighted by atomic mass is 35.5.